The van der Waals surface area contributed by atoms with Gasteiger partial charge >= 0.3 is 0 Å². The SMILES string of the molecule is CCCCCCCCCCCCCCCn1ccnc1C(CCCC)C(C)(Cc1ccccc1)c1ccccc1. The number of rotatable bonds is 22. The maximum atomic E-state index is 5.05. The van der Waals surface area contributed by atoms with Gasteiger partial charge in [0, 0.05) is 30.3 Å². The van der Waals surface area contributed by atoms with Crippen molar-refractivity contribution in [3.05, 3.63) is 90.0 Å². The lowest BCUT2D eigenvalue weighted by Gasteiger charge is -2.39. The van der Waals surface area contributed by atoms with Crippen molar-refractivity contribution in [3.8, 4) is 0 Å². The summed E-state index contributed by atoms with van der Waals surface area (Å²) in [7, 11) is 0. The molecule has 0 aliphatic rings. The van der Waals surface area contributed by atoms with Crippen LogP contribution in [0.25, 0.3) is 0 Å². The van der Waals surface area contributed by atoms with Crippen LogP contribution in [-0.2, 0) is 18.4 Å². The highest BCUT2D eigenvalue weighted by atomic mass is 15.1. The first kappa shape index (κ1) is 32.2. The Balaban J connectivity index is 1.57. The van der Waals surface area contributed by atoms with Gasteiger partial charge in [-0.3, -0.25) is 0 Å². The third kappa shape index (κ3) is 10.6. The Labute approximate surface area is 247 Å². The first-order valence-electron chi connectivity index (χ1n) is 16.8. The fourth-order valence-corrected chi connectivity index (χ4v) is 6.53. The van der Waals surface area contributed by atoms with Crippen LogP contribution in [-0.4, -0.2) is 9.55 Å². The molecular formula is C38H58N2. The molecule has 0 fully saturated rings. The second kappa shape index (κ2) is 18.9. The third-order valence-corrected chi connectivity index (χ3v) is 9.02. The minimum Gasteiger partial charge on any atom is -0.335 e. The number of benzene rings is 2. The fraction of sp³-hybridized carbons (Fsp3) is 0.605. The van der Waals surface area contributed by atoms with Crippen molar-refractivity contribution in [1.29, 1.82) is 0 Å². The molecule has 3 rings (SSSR count). The normalized spacial score (nSPS) is 13.8. The van der Waals surface area contributed by atoms with E-state index in [4.69, 9.17) is 4.98 Å². The summed E-state index contributed by atoms with van der Waals surface area (Å²) >= 11 is 0. The lowest BCUT2D eigenvalue weighted by Crippen LogP contribution is -2.35. The van der Waals surface area contributed by atoms with Crippen LogP contribution >= 0.6 is 0 Å². The van der Waals surface area contributed by atoms with Crippen LogP contribution in [0.2, 0.25) is 0 Å². The van der Waals surface area contributed by atoms with E-state index in [1.54, 1.807) is 0 Å². The van der Waals surface area contributed by atoms with Gasteiger partial charge in [-0.05, 0) is 30.4 Å². The molecule has 2 unspecified atom stereocenters. The molecule has 0 amide bonds. The first-order chi connectivity index (χ1) is 19.7. The molecule has 40 heavy (non-hydrogen) atoms. The monoisotopic (exact) mass is 542 g/mol. The number of hydrogen-bond donors (Lipinski definition) is 0. The molecule has 0 spiro atoms. The zero-order valence-corrected chi connectivity index (χ0v) is 26.1. The predicted octanol–water partition coefficient (Wildman–Crippen LogP) is 11.4. The van der Waals surface area contributed by atoms with E-state index in [9.17, 15) is 0 Å². The molecule has 0 saturated heterocycles. The molecule has 0 saturated carbocycles. The second-order valence-electron chi connectivity index (χ2n) is 12.4. The van der Waals surface area contributed by atoms with Crippen LogP contribution in [0.3, 0.4) is 0 Å². The molecule has 0 aliphatic carbocycles. The summed E-state index contributed by atoms with van der Waals surface area (Å²) in [6.07, 6.45) is 27.1. The maximum Gasteiger partial charge on any atom is 0.112 e. The van der Waals surface area contributed by atoms with Crippen molar-refractivity contribution in [2.24, 2.45) is 0 Å². The summed E-state index contributed by atoms with van der Waals surface area (Å²) in [6, 6.07) is 22.3. The maximum absolute atomic E-state index is 5.05. The van der Waals surface area contributed by atoms with Gasteiger partial charge in [-0.1, -0.05) is 171 Å². The predicted molar refractivity (Wildman–Crippen MR) is 174 cm³/mol. The van der Waals surface area contributed by atoms with E-state index in [1.807, 2.05) is 6.20 Å². The number of hydrogen-bond acceptors (Lipinski definition) is 1. The lowest BCUT2D eigenvalue weighted by atomic mass is 9.66. The summed E-state index contributed by atoms with van der Waals surface area (Å²) in [5, 5.41) is 0. The van der Waals surface area contributed by atoms with Gasteiger partial charge in [0.1, 0.15) is 5.82 Å². The highest BCUT2D eigenvalue weighted by Crippen LogP contribution is 2.44. The minimum absolute atomic E-state index is 0.0170. The number of nitrogens with zero attached hydrogens (tertiary/aromatic N) is 2. The lowest BCUT2D eigenvalue weighted by molar-refractivity contribution is 0.324. The second-order valence-corrected chi connectivity index (χ2v) is 12.4. The quantitative estimate of drug-likeness (QED) is 0.115. The molecule has 2 atom stereocenters. The van der Waals surface area contributed by atoms with Gasteiger partial charge in [0.2, 0.25) is 0 Å². The standard InChI is InChI=1S/C38H58N2/c1-4-6-8-9-10-11-12-13-14-15-16-17-24-31-40-32-30-39-37(40)36(29-7-5-2)38(3,35-27-22-19-23-28-35)33-34-25-20-18-21-26-34/h18-23,25-28,30,32,36H,4-17,24,29,31,33H2,1-3H3. The molecule has 1 aromatic heterocycles. The molecule has 0 N–H and O–H groups in total. The van der Waals surface area contributed by atoms with E-state index in [1.165, 1.54) is 120 Å². The highest BCUT2D eigenvalue weighted by molar-refractivity contribution is 5.33. The Bertz CT molecular complexity index is 1010. The molecule has 2 nitrogen and oxygen atoms in total. The zero-order chi connectivity index (χ0) is 28.3. The van der Waals surface area contributed by atoms with Gasteiger partial charge in [0.25, 0.3) is 0 Å². The Morgan fingerprint density at radius 1 is 0.650 bits per heavy atom. The van der Waals surface area contributed by atoms with Crippen LogP contribution in [0.5, 0.6) is 0 Å². The Morgan fingerprint density at radius 2 is 1.18 bits per heavy atom. The van der Waals surface area contributed by atoms with E-state index < -0.39 is 0 Å². The largest absolute Gasteiger partial charge is 0.335 e. The molecule has 0 radical (unpaired) electrons. The van der Waals surface area contributed by atoms with Gasteiger partial charge in [-0.25, -0.2) is 4.98 Å². The van der Waals surface area contributed by atoms with Gasteiger partial charge in [0.15, 0.2) is 0 Å². The van der Waals surface area contributed by atoms with Crippen LogP contribution in [0, 0.1) is 0 Å². The van der Waals surface area contributed by atoms with Crippen LogP contribution in [0.4, 0.5) is 0 Å². The molecule has 1 heterocycles. The molecule has 3 aromatic rings. The Hall–Kier alpha value is -2.35. The average Bonchev–Trinajstić information content (AvgIpc) is 3.44. The molecule has 2 heteroatoms. The summed E-state index contributed by atoms with van der Waals surface area (Å²) in [6.45, 7) is 8.19. The van der Waals surface area contributed by atoms with Crippen LogP contribution in [0.15, 0.2) is 73.1 Å². The Morgan fingerprint density at radius 3 is 1.75 bits per heavy atom. The Kier molecular flexibility index (Phi) is 15.2. The van der Waals surface area contributed by atoms with Crippen molar-refractivity contribution >= 4 is 0 Å². The zero-order valence-electron chi connectivity index (χ0n) is 26.1. The van der Waals surface area contributed by atoms with E-state index >= 15 is 0 Å². The summed E-state index contributed by atoms with van der Waals surface area (Å²) in [4.78, 5) is 5.05. The summed E-state index contributed by atoms with van der Waals surface area (Å²) in [5.41, 5.74) is 2.82. The molecule has 2 aromatic carbocycles. The number of aryl methyl sites for hydroxylation is 1. The molecular weight excluding hydrogens is 484 g/mol. The topological polar surface area (TPSA) is 17.8 Å². The summed E-state index contributed by atoms with van der Waals surface area (Å²) < 4.78 is 2.49. The molecule has 0 bridgehead atoms. The van der Waals surface area contributed by atoms with Crippen LogP contribution in [0.1, 0.15) is 146 Å². The van der Waals surface area contributed by atoms with Crippen molar-refractivity contribution in [2.75, 3.05) is 0 Å². The van der Waals surface area contributed by atoms with Gasteiger partial charge in [-0.2, -0.15) is 0 Å². The third-order valence-electron chi connectivity index (χ3n) is 9.02. The molecule has 0 aliphatic heterocycles. The smallest absolute Gasteiger partial charge is 0.112 e. The van der Waals surface area contributed by atoms with Crippen molar-refractivity contribution in [1.82, 2.24) is 9.55 Å². The number of imidazole rings is 1. The van der Waals surface area contributed by atoms with E-state index in [2.05, 4.69) is 92.2 Å². The summed E-state index contributed by atoms with van der Waals surface area (Å²) in [5.74, 6) is 1.67. The number of aromatic nitrogens is 2. The van der Waals surface area contributed by atoms with Gasteiger partial charge < -0.3 is 4.57 Å². The van der Waals surface area contributed by atoms with Crippen LogP contribution < -0.4 is 0 Å². The fourth-order valence-electron chi connectivity index (χ4n) is 6.53. The van der Waals surface area contributed by atoms with Crippen molar-refractivity contribution in [2.45, 2.75) is 148 Å². The highest BCUT2D eigenvalue weighted by Gasteiger charge is 2.39. The van der Waals surface area contributed by atoms with E-state index in [0.29, 0.717) is 5.92 Å². The minimum atomic E-state index is -0.0170. The van der Waals surface area contributed by atoms with E-state index in [-0.39, 0.29) is 5.41 Å². The van der Waals surface area contributed by atoms with Gasteiger partial charge in [-0.15, -0.1) is 0 Å². The van der Waals surface area contributed by atoms with E-state index in [0.717, 1.165) is 13.0 Å². The first-order valence-corrected chi connectivity index (χ1v) is 16.8. The average molecular weight is 543 g/mol. The van der Waals surface area contributed by atoms with Crippen molar-refractivity contribution < 1.29 is 0 Å². The molecule has 220 valence electrons. The van der Waals surface area contributed by atoms with Gasteiger partial charge in [0.05, 0.1) is 0 Å². The number of unbranched alkanes of at least 4 members (excludes halogenated alkanes) is 13. The van der Waals surface area contributed by atoms with Crippen molar-refractivity contribution in [3.63, 3.8) is 0 Å².